The third kappa shape index (κ3) is 5.31. The third-order valence-electron chi connectivity index (χ3n) is 9.56. The van der Waals surface area contributed by atoms with Crippen LogP contribution in [0.25, 0.3) is 22.2 Å². The fourth-order valence-corrected chi connectivity index (χ4v) is 7.64. The molecular weight excluding hydrogens is 580 g/mol. The summed E-state index contributed by atoms with van der Waals surface area (Å²) in [5, 5.41) is 10.1. The molecule has 3 aromatic rings. The molecule has 0 N–H and O–H groups in total. The first-order chi connectivity index (χ1) is 21.5. The number of aromatic nitrogens is 3. The lowest BCUT2D eigenvalue weighted by molar-refractivity contribution is 0.0122. The van der Waals surface area contributed by atoms with Crippen molar-refractivity contribution in [1.29, 1.82) is 5.26 Å². The number of amides is 1. The highest BCUT2D eigenvalue weighted by molar-refractivity contribution is 5.92. The standard InChI is InChI=1S/C33H37F2N7O3/c1-32(2,3)45-31(43)42-22-9-10-23(42)18-40(17-22)29-25-15-37-27(24-8-5-4-7-20(24)14-36)26(35)28(25)38-30(39-29)44-19-33-11-6-12-41(33)16-21(34)13-33/h4-5,7-8,15,21-23H,6,9-13,16-19H2,1-3H3/t21-,22-,23+,33+/m1/s1. The Labute approximate surface area is 260 Å². The van der Waals surface area contributed by atoms with Gasteiger partial charge < -0.3 is 14.4 Å². The van der Waals surface area contributed by atoms with E-state index in [1.165, 1.54) is 0 Å². The smallest absolute Gasteiger partial charge is 0.410 e. The van der Waals surface area contributed by atoms with Crippen LogP contribution in [0.4, 0.5) is 19.4 Å². The number of hydrogen-bond acceptors (Lipinski definition) is 9. The lowest BCUT2D eigenvalue weighted by atomic mass is 9.95. The van der Waals surface area contributed by atoms with Crippen molar-refractivity contribution in [2.45, 2.75) is 82.3 Å². The van der Waals surface area contributed by atoms with E-state index in [4.69, 9.17) is 14.5 Å². The predicted octanol–water partition coefficient (Wildman–Crippen LogP) is 5.25. The van der Waals surface area contributed by atoms with E-state index < -0.39 is 23.1 Å². The van der Waals surface area contributed by atoms with Crippen molar-refractivity contribution in [3.63, 3.8) is 0 Å². The summed E-state index contributed by atoms with van der Waals surface area (Å²) in [4.78, 5) is 32.9. The van der Waals surface area contributed by atoms with Crippen LogP contribution in [0.2, 0.25) is 0 Å². The second-order valence-corrected chi connectivity index (χ2v) is 13.7. The van der Waals surface area contributed by atoms with Crippen molar-refractivity contribution in [2.24, 2.45) is 0 Å². The maximum atomic E-state index is 16.4. The maximum Gasteiger partial charge on any atom is 0.410 e. The van der Waals surface area contributed by atoms with Crippen LogP contribution in [-0.4, -0.2) is 93.0 Å². The molecule has 4 fully saturated rings. The van der Waals surface area contributed by atoms with Gasteiger partial charge in [0.2, 0.25) is 0 Å². The van der Waals surface area contributed by atoms with Gasteiger partial charge in [-0.05, 0) is 59.1 Å². The number of piperazine rings is 1. The zero-order valence-electron chi connectivity index (χ0n) is 25.8. The van der Waals surface area contributed by atoms with Gasteiger partial charge in [0.1, 0.15) is 35.4 Å². The van der Waals surface area contributed by atoms with Crippen molar-refractivity contribution in [2.75, 3.05) is 37.7 Å². The molecular formula is C33H37F2N7O3. The molecule has 4 atom stereocenters. The Morgan fingerprint density at radius 2 is 1.91 bits per heavy atom. The van der Waals surface area contributed by atoms with E-state index >= 15 is 4.39 Å². The second-order valence-electron chi connectivity index (χ2n) is 13.7. The van der Waals surface area contributed by atoms with Crippen molar-refractivity contribution in [3.05, 3.63) is 41.8 Å². The van der Waals surface area contributed by atoms with Gasteiger partial charge >= 0.3 is 12.1 Å². The van der Waals surface area contributed by atoms with Crippen molar-refractivity contribution in [3.8, 4) is 23.3 Å². The van der Waals surface area contributed by atoms with Crippen LogP contribution in [0.5, 0.6) is 6.01 Å². The first-order valence-corrected chi connectivity index (χ1v) is 15.7. The van der Waals surface area contributed by atoms with Gasteiger partial charge in [-0.15, -0.1) is 0 Å². The van der Waals surface area contributed by atoms with E-state index in [0.29, 0.717) is 48.4 Å². The first-order valence-electron chi connectivity index (χ1n) is 15.7. The quantitative estimate of drug-likeness (QED) is 0.380. The summed E-state index contributed by atoms with van der Waals surface area (Å²) in [6, 6.07) is 8.65. The fraction of sp³-hybridized carbons (Fsp3) is 0.545. The predicted molar refractivity (Wildman–Crippen MR) is 163 cm³/mol. The number of alkyl halides is 1. The normalized spacial score (nSPS) is 26.3. The van der Waals surface area contributed by atoms with Gasteiger partial charge in [-0.3, -0.25) is 14.8 Å². The fourth-order valence-electron chi connectivity index (χ4n) is 7.64. The average molecular weight is 618 g/mol. The molecule has 0 aliphatic carbocycles. The average Bonchev–Trinajstić information content (AvgIpc) is 3.62. The lowest BCUT2D eigenvalue weighted by Gasteiger charge is -2.42. The Balaban J connectivity index is 1.27. The molecule has 4 aliphatic rings. The summed E-state index contributed by atoms with van der Waals surface area (Å²) < 4.78 is 42.8. The molecule has 4 saturated heterocycles. The monoisotopic (exact) mass is 617 g/mol. The summed E-state index contributed by atoms with van der Waals surface area (Å²) in [6.45, 7) is 7.92. The Bertz CT molecular complexity index is 1680. The Hall–Kier alpha value is -4.11. The number of nitriles is 1. The van der Waals surface area contributed by atoms with Gasteiger partial charge in [0.15, 0.2) is 5.82 Å². The van der Waals surface area contributed by atoms with Crippen molar-refractivity contribution < 1.29 is 23.0 Å². The Morgan fingerprint density at radius 3 is 2.64 bits per heavy atom. The molecule has 1 aromatic carbocycles. The van der Waals surface area contributed by atoms with E-state index in [2.05, 4.69) is 25.8 Å². The number of carbonyl (C=O) groups is 1. The highest BCUT2D eigenvalue weighted by atomic mass is 19.1. The minimum Gasteiger partial charge on any atom is -0.461 e. The SMILES string of the molecule is CC(C)(C)OC(=O)N1[C@@H]2CC[C@H]1CN(c1nc(OC[C@@]34CCCN3C[C@H](F)C4)nc3c(F)c(-c4ccccc4C#N)ncc13)C2. The van der Waals surface area contributed by atoms with Crippen molar-refractivity contribution in [1.82, 2.24) is 24.8 Å². The number of benzene rings is 1. The molecule has 12 heteroatoms. The molecule has 2 aromatic heterocycles. The number of pyridine rings is 1. The molecule has 6 heterocycles. The zero-order valence-corrected chi connectivity index (χ0v) is 25.8. The number of anilines is 1. The van der Waals surface area contributed by atoms with E-state index in [1.54, 1.807) is 30.5 Å². The Kier molecular flexibility index (Phi) is 7.27. The molecule has 0 saturated carbocycles. The van der Waals surface area contributed by atoms with Crippen LogP contribution in [-0.2, 0) is 4.74 Å². The lowest BCUT2D eigenvalue weighted by Crippen LogP contribution is -2.57. The van der Waals surface area contributed by atoms with Gasteiger partial charge in [0, 0.05) is 37.8 Å². The number of nitrogens with zero attached hydrogens (tertiary/aromatic N) is 7. The maximum absolute atomic E-state index is 16.4. The molecule has 45 heavy (non-hydrogen) atoms. The minimum absolute atomic E-state index is 0.00701. The first kappa shape index (κ1) is 29.6. The molecule has 10 nitrogen and oxygen atoms in total. The molecule has 4 aliphatic heterocycles. The summed E-state index contributed by atoms with van der Waals surface area (Å²) in [5.74, 6) is -0.206. The van der Waals surface area contributed by atoms with Gasteiger partial charge in [-0.2, -0.15) is 15.2 Å². The van der Waals surface area contributed by atoms with Crippen LogP contribution in [0.3, 0.4) is 0 Å². The Morgan fingerprint density at radius 1 is 1.16 bits per heavy atom. The molecule has 236 valence electrons. The molecule has 0 radical (unpaired) electrons. The molecule has 2 bridgehead atoms. The van der Waals surface area contributed by atoms with Gasteiger partial charge in [0.25, 0.3) is 0 Å². The number of hydrogen-bond donors (Lipinski definition) is 0. The van der Waals surface area contributed by atoms with E-state index in [1.807, 2.05) is 25.7 Å². The summed E-state index contributed by atoms with van der Waals surface area (Å²) in [5.41, 5.74) is -0.322. The summed E-state index contributed by atoms with van der Waals surface area (Å²) in [7, 11) is 0. The number of halogens is 2. The number of rotatable bonds is 5. The van der Waals surface area contributed by atoms with Gasteiger partial charge in [-0.25, -0.2) is 13.6 Å². The zero-order chi connectivity index (χ0) is 31.5. The molecule has 0 spiro atoms. The van der Waals surface area contributed by atoms with Crippen molar-refractivity contribution >= 4 is 22.8 Å². The van der Waals surface area contributed by atoms with Crippen LogP contribution in [0.15, 0.2) is 30.5 Å². The highest BCUT2D eigenvalue weighted by Gasteiger charge is 2.50. The van der Waals surface area contributed by atoms with Crippen LogP contribution in [0.1, 0.15) is 58.4 Å². The highest BCUT2D eigenvalue weighted by Crippen LogP contribution is 2.41. The van der Waals surface area contributed by atoms with Crippen LogP contribution >= 0.6 is 0 Å². The molecule has 1 amide bonds. The van der Waals surface area contributed by atoms with E-state index in [0.717, 1.165) is 32.2 Å². The number of ether oxygens (including phenoxy) is 2. The summed E-state index contributed by atoms with van der Waals surface area (Å²) >= 11 is 0. The second kappa shape index (κ2) is 11.1. The molecule has 7 rings (SSSR count). The van der Waals surface area contributed by atoms with E-state index in [9.17, 15) is 14.4 Å². The van der Waals surface area contributed by atoms with Crippen LogP contribution < -0.4 is 9.64 Å². The largest absolute Gasteiger partial charge is 0.461 e. The van der Waals surface area contributed by atoms with Gasteiger partial charge in [-0.1, -0.05) is 18.2 Å². The third-order valence-corrected chi connectivity index (χ3v) is 9.56. The number of carbonyl (C=O) groups excluding carboxylic acids is 1. The van der Waals surface area contributed by atoms with Gasteiger partial charge in [0.05, 0.1) is 34.6 Å². The topological polar surface area (TPSA) is 108 Å². The summed E-state index contributed by atoms with van der Waals surface area (Å²) in [6.07, 6.45) is 4.10. The van der Waals surface area contributed by atoms with Crippen LogP contribution in [0, 0.1) is 17.1 Å². The van der Waals surface area contributed by atoms with E-state index in [-0.39, 0.29) is 42.0 Å². The minimum atomic E-state index is -0.912. The molecule has 0 unspecified atom stereocenters. The number of fused-ring (bicyclic) bond motifs is 4.